The second-order valence-corrected chi connectivity index (χ2v) is 18.8. The molecule has 1 amide bonds. The molecule has 3 aromatic rings. The van der Waals surface area contributed by atoms with Crippen LogP contribution in [0.15, 0.2) is 65.5 Å². The predicted molar refractivity (Wildman–Crippen MR) is 256 cm³/mol. The molecule has 0 spiro atoms. The molecule has 4 aliphatic rings. The standard InChI is InChI=1S/C51H66N4O13/c1-25-15-14-16-26(2)50(64)53-41-35(21-52-55-27(3)22-54(23-28(55)4)24-34-17-12-13-18-36(34)57)45(61)38-39(46(41)62)44(60)32(8)48-40(38)49(63)51(10,68-48)66-20-19-37(65-11)29(5)47(67-33(9)56)31(7)43(59)30(6)42(25)58/h12-21,25,27-31,37,42-43,47,57-62H,22-24H2,1-11H3,(H,53,64)/b15-14+,20-19+,26-16-,52-21+/t25-,27?,28?,29-,30-,31-,37+,42+,43-,47-,51+/m1/s1. The molecule has 0 saturated carbocycles. The molecule has 1 saturated heterocycles. The number of ketones is 1. The van der Waals surface area contributed by atoms with Gasteiger partial charge in [-0.15, -0.1) is 0 Å². The van der Waals surface area contributed by atoms with Crippen LogP contribution in [0.2, 0.25) is 0 Å². The molecule has 4 heterocycles. The quantitative estimate of drug-likeness (QED) is 0.0614. The third-order valence-electron chi connectivity index (χ3n) is 13.7. The number of nitrogens with zero attached hydrogens (tertiary/aromatic N) is 3. The molecular weight excluding hydrogens is 877 g/mol. The van der Waals surface area contributed by atoms with Gasteiger partial charge in [-0.05, 0) is 39.8 Å². The smallest absolute Gasteiger partial charge is 0.312 e. The molecule has 5 bridgehead atoms. The van der Waals surface area contributed by atoms with Gasteiger partial charge < -0.3 is 54.9 Å². The molecule has 0 aromatic heterocycles. The summed E-state index contributed by atoms with van der Waals surface area (Å²) in [6.45, 7) is 18.0. The molecule has 7 rings (SSSR count). The van der Waals surface area contributed by atoms with Crippen molar-refractivity contribution in [2.24, 2.45) is 28.8 Å². The fourth-order valence-corrected chi connectivity index (χ4v) is 9.66. The number of piperazine rings is 1. The average Bonchev–Trinajstić information content (AvgIpc) is 3.55. The van der Waals surface area contributed by atoms with Crippen LogP contribution in [0.1, 0.15) is 89.4 Å². The van der Waals surface area contributed by atoms with Crippen LogP contribution in [0, 0.1) is 30.6 Å². The predicted octanol–water partition coefficient (Wildman–Crippen LogP) is 6.39. The fourth-order valence-electron chi connectivity index (χ4n) is 9.66. The zero-order valence-corrected chi connectivity index (χ0v) is 40.6. The van der Waals surface area contributed by atoms with Crippen molar-refractivity contribution in [2.75, 3.05) is 25.5 Å². The van der Waals surface area contributed by atoms with Crippen LogP contribution in [0.3, 0.4) is 0 Å². The minimum absolute atomic E-state index is 0.0346. The van der Waals surface area contributed by atoms with Crippen LogP contribution in [-0.2, 0) is 30.3 Å². The number of rotatable bonds is 6. The number of esters is 1. The van der Waals surface area contributed by atoms with Crippen LogP contribution >= 0.6 is 0 Å². The minimum Gasteiger partial charge on any atom is -0.508 e. The Balaban J connectivity index is 1.48. The third kappa shape index (κ3) is 10.0. The van der Waals surface area contributed by atoms with E-state index in [0.29, 0.717) is 19.6 Å². The van der Waals surface area contributed by atoms with Crippen molar-refractivity contribution in [3.05, 3.63) is 82.7 Å². The number of phenols is 4. The van der Waals surface area contributed by atoms with Crippen LogP contribution in [-0.4, -0.2) is 127 Å². The number of phenolic OH excluding ortho intramolecular Hbond substituents is 4. The molecule has 68 heavy (non-hydrogen) atoms. The van der Waals surface area contributed by atoms with E-state index in [0.717, 1.165) is 5.56 Å². The molecule has 17 heteroatoms. The van der Waals surface area contributed by atoms with Crippen molar-refractivity contribution in [1.29, 1.82) is 0 Å². The number of anilines is 1. The first-order chi connectivity index (χ1) is 32.0. The van der Waals surface area contributed by atoms with Crippen LogP contribution < -0.4 is 10.1 Å². The minimum atomic E-state index is -2.08. The van der Waals surface area contributed by atoms with Gasteiger partial charge in [0.05, 0.1) is 65.1 Å². The summed E-state index contributed by atoms with van der Waals surface area (Å²) in [5.74, 6) is -8.45. The van der Waals surface area contributed by atoms with Gasteiger partial charge in [-0.3, -0.25) is 24.3 Å². The number of Topliss-reactive ketones (excluding diaryl/α,β-unsaturated/α-hetero) is 1. The number of benzene rings is 3. The van der Waals surface area contributed by atoms with Crippen molar-refractivity contribution >= 4 is 40.3 Å². The number of hydrogen-bond donors (Lipinski definition) is 7. The topological polar surface area (TPSA) is 240 Å². The molecular formula is C51H66N4O13. The lowest BCUT2D eigenvalue weighted by Gasteiger charge is -2.43. The number of nitrogens with one attached hydrogen (secondary N) is 1. The summed E-state index contributed by atoms with van der Waals surface area (Å²) in [6.07, 6.45) is 4.75. The molecule has 17 nitrogen and oxygen atoms in total. The van der Waals surface area contributed by atoms with Gasteiger partial charge in [-0.2, -0.15) is 5.10 Å². The summed E-state index contributed by atoms with van der Waals surface area (Å²) >= 11 is 0. The number of aliphatic hydroxyl groups is 2. The molecule has 0 aliphatic carbocycles. The normalized spacial score (nSPS) is 31.5. The second kappa shape index (κ2) is 20.6. The highest BCUT2D eigenvalue weighted by Gasteiger charge is 2.50. The molecule has 368 valence electrons. The number of ether oxygens (including phenoxy) is 4. The van der Waals surface area contributed by atoms with Crippen LogP contribution in [0.5, 0.6) is 28.7 Å². The Kier molecular flexibility index (Phi) is 15.5. The lowest BCUT2D eigenvalue weighted by Crippen LogP contribution is -2.54. The number of aromatic hydroxyl groups is 4. The number of carbonyl (C=O) groups is 3. The summed E-state index contributed by atoms with van der Waals surface area (Å²) in [6, 6.07) is 6.75. The number of fused-ring (bicyclic) bond motifs is 14. The highest BCUT2D eigenvalue weighted by Crippen LogP contribution is 2.55. The first-order valence-electron chi connectivity index (χ1n) is 22.9. The lowest BCUT2D eigenvalue weighted by molar-refractivity contribution is -0.160. The summed E-state index contributed by atoms with van der Waals surface area (Å²) in [7, 11) is 1.43. The number of hydrazone groups is 1. The lowest BCUT2D eigenvalue weighted by atomic mass is 9.78. The number of aliphatic hydroxyl groups excluding tert-OH is 2. The van der Waals surface area contributed by atoms with Crippen LogP contribution in [0.4, 0.5) is 5.69 Å². The van der Waals surface area contributed by atoms with E-state index < -0.39 is 88.8 Å². The van der Waals surface area contributed by atoms with Gasteiger partial charge in [0.15, 0.2) is 5.75 Å². The van der Waals surface area contributed by atoms with Gasteiger partial charge in [0.1, 0.15) is 29.1 Å². The van der Waals surface area contributed by atoms with Crippen molar-refractivity contribution in [1.82, 2.24) is 9.91 Å². The first-order valence-corrected chi connectivity index (χ1v) is 22.9. The van der Waals surface area contributed by atoms with Crippen molar-refractivity contribution in [3.8, 4) is 28.7 Å². The van der Waals surface area contributed by atoms with E-state index in [1.54, 1.807) is 52.0 Å². The SMILES string of the molecule is CO[C@H]1/C=C/O[C@@]2(C)Oc3c(C)c(O)c4c(O)c(c(/C=N/N5C(C)CN(Cc6ccccc6O)CC5C)c(O)c4c3C2=O)NC(=O)/C(C)=C\C=C\[C@@H](C)[C@H](O)[C@@H](C)[C@@H](O)[C@@H](C)[C@H](OC(C)=O)[C@@H]1C. The number of methoxy groups -OCH3 is 1. The van der Waals surface area contributed by atoms with Crippen molar-refractivity contribution < 1.29 is 64.0 Å². The second-order valence-electron chi connectivity index (χ2n) is 18.8. The fraction of sp³-hybridized carbons (Fsp3) is 0.490. The number of allylic oxidation sites excluding steroid dienone is 2. The van der Waals surface area contributed by atoms with Gasteiger partial charge in [0.25, 0.3) is 11.7 Å². The number of carbonyl (C=O) groups excluding carboxylic acids is 3. The summed E-state index contributed by atoms with van der Waals surface area (Å²) < 4.78 is 23.8. The largest absolute Gasteiger partial charge is 0.508 e. The van der Waals surface area contributed by atoms with E-state index in [9.17, 15) is 45.0 Å². The maximum absolute atomic E-state index is 14.6. The van der Waals surface area contributed by atoms with Gasteiger partial charge >= 0.3 is 11.8 Å². The third-order valence-corrected chi connectivity index (χ3v) is 13.7. The Morgan fingerprint density at radius 3 is 2.21 bits per heavy atom. The van der Waals surface area contributed by atoms with Gasteiger partial charge in [0.2, 0.25) is 0 Å². The summed E-state index contributed by atoms with van der Waals surface area (Å²) in [4.78, 5) is 43.2. The highest BCUT2D eigenvalue weighted by molar-refractivity contribution is 6.23. The Labute approximate surface area is 396 Å². The van der Waals surface area contributed by atoms with E-state index in [-0.39, 0.29) is 62.3 Å². The van der Waals surface area contributed by atoms with Crippen molar-refractivity contribution in [2.45, 2.75) is 118 Å². The van der Waals surface area contributed by atoms with E-state index in [1.165, 1.54) is 59.4 Å². The van der Waals surface area contributed by atoms with Gasteiger partial charge in [-0.1, -0.05) is 64.1 Å². The van der Waals surface area contributed by atoms with E-state index in [4.69, 9.17) is 24.0 Å². The number of para-hydroxylation sites is 1. The maximum Gasteiger partial charge on any atom is 0.312 e. The Bertz CT molecular complexity index is 2530. The highest BCUT2D eigenvalue weighted by atomic mass is 16.7. The van der Waals surface area contributed by atoms with E-state index >= 15 is 0 Å². The monoisotopic (exact) mass is 942 g/mol. The molecule has 1 fully saturated rings. The molecule has 2 unspecified atom stereocenters. The Morgan fingerprint density at radius 1 is 0.912 bits per heavy atom. The van der Waals surface area contributed by atoms with E-state index in [2.05, 4.69) is 10.2 Å². The molecule has 11 atom stereocenters. The summed E-state index contributed by atoms with van der Waals surface area (Å²) in [5, 5.41) is 78.4. The van der Waals surface area contributed by atoms with Crippen LogP contribution in [0.25, 0.3) is 10.8 Å². The van der Waals surface area contributed by atoms with Crippen molar-refractivity contribution in [3.63, 3.8) is 0 Å². The number of hydrogen-bond acceptors (Lipinski definition) is 16. The molecule has 3 aromatic carbocycles. The Morgan fingerprint density at radius 2 is 1.57 bits per heavy atom. The first kappa shape index (κ1) is 51.3. The molecule has 0 radical (unpaired) electrons. The average molecular weight is 943 g/mol. The van der Waals surface area contributed by atoms with E-state index in [1.807, 2.05) is 31.0 Å². The van der Waals surface area contributed by atoms with Gasteiger partial charge in [-0.25, -0.2) is 0 Å². The molecule has 7 N–H and O–H groups in total. The maximum atomic E-state index is 14.6. The molecule has 4 aliphatic heterocycles. The number of amides is 1. The summed E-state index contributed by atoms with van der Waals surface area (Å²) in [5.41, 5.74) is 0.274. The zero-order chi connectivity index (χ0) is 50.1. The zero-order valence-electron chi connectivity index (χ0n) is 40.6. The Hall–Kier alpha value is -6.14. The van der Waals surface area contributed by atoms with Gasteiger partial charge in [0, 0.05) is 86.3 Å².